The molecule has 3 nitrogen and oxygen atoms in total. The standard InChI is InChI=1S/C16H18O3/c1-18-16-10-3-2-6-13(16)7-5-11-19-15-9-4-8-14(17)12-15/h2-4,6,8-10,12,17H,5,7,11H2,1H3. The quantitative estimate of drug-likeness (QED) is 0.807. The van der Waals surface area contributed by atoms with Crippen molar-refractivity contribution < 1.29 is 14.6 Å². The number of phenolic OH excluding ortho intramolecular Hbond substituents is 1. The van der Waals surface area contributed by atoms with Crippen LogP contribution in [0.4, 0.5) is 0 Å². The molecule has 0 radical (unpaired) electrons. The van der Waals surface area contributed by atoms with E-state index in [9.17, 15) is 5.11 Å². The maximum Gasteiger partial charge on any atom is 0.122 e. The third kappa shape index (κ3) is 3.91. The Morgan fingerprint density at radius 2 is 1.89 bits per heavy atom. The highest BCUT2D eigenvalue weighted by Crippen LogP contribution is 2.20. The fraction of sp³-hybridized carbons (Fsp3) is 0.250. The predicted octanol–water partition coefficient (Wildman–Crippen LogP) is 3.41. The molecule has 0 saturated carbocycles. The van der Waals surface area contributed by atoms with Gasteiger partial charge >= 0.3 is 0 Å². The molecule has 0 unspecified atom stereocenters. The Hall–Kier alpha value is -2.16. The summed E-state index contributed by atoms with van der Waals surface area (Å²) >= 11 is 0. The van der Waals surface area contributed by atoms with Crippen LogP contribution in [0.1, 0.15) is 12.0 Å². The van der Waals surface area contributed by atoms with Gasteiger partial charge in [0.05, 0.1) is 13.7 Å². The van der Waals surface area contributed by atoms with E-state index < -0.39 is 0 Å². The average molecular weight is 258 g/mol. The van der Waals surface area contributed by atoms with E-state index in [0.717, 1.165) is 18.6 Å². The van der Waals surface area contributed by atoms with Crippen LogP contribution in [-0.4, -0.2) is 18.8 Å². The van der Waals surface area contributed by atoms with Gasteiger partial charge < -0.3 is 14.6 Å². The second kappa shape index (κ2) is 6.69. The van der Waals surface area contributed by atoms with E-state index in [0.29, 0.717) is 12.4 Å². The lowest BCUT2D eigenvalue weighted by Crippen LogP contribution is -2.00. The predicted molar refractivity (Wildman–Crippen MR) is 74.9 cm³/mol. The summed E-state index contributed by atoms with van der Waals surface area (Å²) in [5, 5.41) is 9.32. The van der Waals surface area contributed by atoms with Crippen molar-refractivity contribution >= 4 is 0 Å². The van der Waals surface area contributed by atoms with Gasteiger partial charge in [0.2, 0.25) is 0 Å². The Kier molecular flexibility index (Phi) is 4.67. The normalized spacial score (nSPS) is 10.2. The number of benzene rings is 2. The van der Waals surface area contributed by atoms with Gasteiger partial charge in [-0.15, -0.1) is 0 Å². The van der Waals surface area contributed by atoms with Crippen LogP contribution >= 0.6 is 0 Å². The molecule has 0 aromatic heterocycles. The number of methoxy groups -OCH3 is 1. The van der Waals surface area contributed by atoms with E-state index in [1.165, 1.54) is 5.56 Å². The molecule has 2 aromatic rings. The number of phenols is 1. The van der Waals surface area contributed by atoms with Crippen LogP contribution in [0.3, 0.4) is 0 Å². The van der Waals surface area contributed by atoms with Gasteiger partial charge in [0, 0.05) is 6.07 Å². The molecule has 0 saturated heterocycles. The molecule has 0 atom stereocenters. The van der Waals surface area contributed by atoms with Crippen LogP contribution in [0.5, 0.6) is 17.2 Å². The van der Waals surface area contributed by atoms with Crippen LogP contribution in [0.25, 0.3) is 0 Å². The van der Waals surface area contributed by atoms with E-state index in [-0.39, 0.29) is 5.75 Å². The third-order valence-electron chi connectivity index (χ3n) is 2.87. The van der Waals surface area contributed by atoms with E-state index in [1.807, 2.05) is 24.3 Å². The Labute approximate surface area is 113 Å². The Morgan fingerprint density at radius 1 is 1.05 bits per heavy atom. The molecule has 0 bridgehead atoms. The number of ether oxygens (including phenoxy) is 2. The van der Waals surface area contributed by atoms with Crippen molar-refractivity contribution in [1.82, 2.24) is 0 Å². The summed E-state index contributed by atoms with van der Waals surface area (Å²) in [6, 6.07) is 14.8. The van der Waals surface area contributed by atoms with Crippen molar-refractivity contribution in [3.63, 3.8) is 0 Å². The number of hydrogen-bond acceptors (Lipinski definition) is 3. The average Bonchev–Trinajstić information content (AvgIpc) is 2.44. The Bertz CT molecular complexity index is 523. The van der Waals surface area contributed by atoms with Crippen molar-refractivity contribution in [3.05, 3.63) is 54.1 Å². The molecule has 19 heavy (non-hydrogen) atoms. The first-order valence-corrected chi connectivity index (χ1v) is 6.33. The molecule has 3 heteroatoms. The van der Waals surface area contributed by atoms with Crippen LogP contribution < -0.4 is 9.47 Å². The monoisotopic (exact) mass is 258 g/mol. The highest BCUT2D eigenvalue weighted by Gasteiger charge is 2.01. The summed E-state index contributed by atoms with van der Waals surface area (Å²) in [5.74, 6) is 1.84. The molecule has 100 valence electrons. The minimum absolute atomic E-state index is 0.224. The summed E-state index contributed by atoms with van der Waals surface area (Å²) in [4.78, 5) is 0. The summed E-state index contributed by atoms with van der Waals surface area (Å²) in [5.41, 5.74) is 1.18. The summed E-state index contributed by atoms with van der Waals surface area (Å²) in [7, 11) is 1.68. The first-order chi connectivity index (χ1) is 9.29. The van der Waals surface area contributed by atoms with Gasteiger partial charge in [-0.25, -0.2) is 0 Å². The zero-order valence-electron chi connectivity index (χ0n) is 11.0. The lowest BCUT2D eigenvalue weighted by molar-refractivity contribution is 0.308. The third-order valence-corrected chi connectivity index (χ3v) is 2.87. The topological polar surface area (TPSA) is 38.7 Å². The van der Waals surface area contributed by atoms with Crippen LogP contribution in [0.2, 0.25) is 0 Å². The number of para-hydroxylation sites is 1. The fourth-order valence-electron chi connectivity index (χ4n) is 1.94. The van der Waals surface area contributed by atoms with E-state index in [1.54, 1.807) is 25.3 Å². The van der Waals surface area contributed by atoms with Crippen molar-refractivity contribution in [2.45, 2.75) is 12.8 Å². The molecule has 2 aromatic carbocycles. The van der Waals surface area contributed by atoms with Crippen molar-refractivity contribution in [1.29, 1.82) is 0 Å². The molecular formula is C16H18O3. The van der Waals surface area contributed by atoms with Gasteiger partial charge in [0.25, 0.3) is 0 Å². The number of hydrogen-bond donors (Lipinski definition) is 1. The Morgan fingerprint density at radius 3 is 2.68 bits per heavy atom. The lowest BCUT2D eigenvalue weighted by Gasteiger charge is -2.09. The summed E-state index contributed by atoms with van der Waals surface area (Å²) < 4.78 is 10.9. The summed E-state index contributed by atoms with van der Waals surface area (Å²) in [6.45, 7) is 0.613. The maximum absolute atomic E-state index is 9.32. The zero-order chi connectivity index (χ0) is 13.5. The van der Waals surface area contributed by atoms with Gasteiger partial charge in [-0.1, -0.05) is 24.3 Å². The number of rotatable bonds is 6. The SMILES string of the molecule is COc1ccccc1CCCOc1cccc(O)c1. The minimum Gasteiger partial charge on any atom is -0.508 e. The molecule has 0 heterocycles. The van der Waals surface area contributed by atoms with Gasteiger partial charge in [0.15, 0.2) is 0 Å². The molecule has 0 fully saturated rings. The molecule has 0 aliphatic rings. The molecule has 2 rings (SSSR count). The highest BCUT2D eigenvalue weighted by molar-refractivity contribution is 5.33. The highest BCUT2D eigenvalue weighted by atomic mass is 16.5. The smallest absolute Gasteiger partial charge is 0.122 e. The largest absolute Gasteiger partial charge is 0.508 e. The number of aryl methyl sites for hydroxylation is 1. The minimum atomic E-state index is 0.224. The first kappa shape index (κ1) is 13.3. The van der Waals surface area contributed by atoms with Crippen molar-refractivity contribution in [2.75, 3.05) is 13.7 Å². The molecule has 0 aliphatic carbocycles. The van der Waals surface area contributed by atoms with Gasteiger partial charge in [-0.2, -0.15) is 0 Å². The number of aromatic hydroxyl groups is 1. The zero-order valence-corrected chi connectivity index (χ0v) is 11.0. The van der Waals surface area contributed by atoms with Crippen molar-refractivity contribution in [2.24, 2.45) is 0 Å². The lowest BCUT2D eigenvalue weighted by atomic mass is 10.1. The molecule has 0 aliphatic heterocycles. The van der Waals surface area contributed by atoms with E-state index >= 15 is 0 Å². The Balaban J connectivity index is 1.81. The second-order valence-electron chi connectivity index (χ2n) is 4.26. The fourth-order valence-corrected chi connectivity index (χ4v) is 1.94. The van der Waals surface area contributed by atoms with E-state index in [4.69, 9.17) is 9.47 Å². The van der Waals surface area contributed by atoms with Crippen molar-refractivity contribution in [3.8, 4) is 17.2 Å². The van der Waals surface area contributed by atoms with Crippen LogP contribution in [0.15, 0.2) is 48.5 Å². The van der Waals surface area contributed by atoms with Gasteiger partial charge in [0.1, 0.15) is 17.2 Å². The maximum atomic E-state index is 9.32. The molecule has 1 N–H and O–H groups in total. The molecular weight excluding hydrogens is 240 g/mol. The first-order valence-electron chi connectivity index (χ1n) is 6.33. The van der Waals surface area contributed by atoms with Gasteiger partial charge in [-0.3, -0.25) is 0 Å². The second-order valence-corrected chi connectivity index (χ2v) is 4.26. The molecule has 0 spiro atoms. The van der Waals surface area contributed by atoms with Crippen LogP contribution in [0, 0.1) is 0 Å². The summed E-state index contributed by atoms with van der Waals surface area (Å²) in [6.07, 6.45) is 1.80. The van der Waals surface area contributed by atoms with Gasteiger partial charge in [-0.05, 0) is 36.6 Å². The molecule has 0 amide bonds. The van der Waals surface area contributed by atoms with E-state index in [2.05, 4.69) is 6.07 Å². The van der Waals surface area contributed by atoms with Crippen LogP contribution in [-0.2, 0) is 6.42 Å².